The van der Waals surface area contributed by atoms with Gasteiger partial charge in [-0.3, -0.25) is 15.2 Å². The highest BCUT2D eigenvalue weighted by Gasteiger charge is 2.15. The zero-order valence-electron chi connectivity index (χ0n) is 10.1. The highest BCUT2D eigenvalue weighted by molar-refractivity contribution is 6.32. The number of benzene rings is 1. The molecule has 1 aromatic carbocycles. The van der Waals surface area contributed by atoms with Gasteiger partial charge in [-0.05, 0) is 17.7 Å². The molecule has 0 saturated heterocycles. The summed E-state index contributed by atoms with van der Waals surface area (Å²) >= 11 is 11.7. The number of H-pyrrole nitrogens is 1. The molecule has 0 aliphatic rings. The van der Waals surface area contributed by atoms with Gasteiger partial charge in [0.2, 0.25) is 11.2 Å². The fraction of sp³-hybridized carbons (Fsp3) is 0. The number of non-ortho nitro benzene ring substituents is 1. The Bertz CT molecular complexity index is 851. The second-order valence-corrected chi connectivity index (χ2v) is 4.65. The first-order valence-corrected chi connectivity index (χ1v) is 6.28. The molecule has 0 saturated carbocycles. The lowest BCUT2D eigenvalue weighted by molar-refractivity contribution is -0.384. The summed E-state index contributed by atoms with van der Waals surface area (Å²) in [6.07, 6.45) is 1.45. The van der Waals surface area contributed by atoms with Gasteiger partial charge >= 0.3 is 0 Å². The quantitative estimate of drug-likeness (QED) is 0.449. The molecule has 0 aliphatic heterocycles. The van der Waals surface area contributed by atoms with E-state index in [1.807, 2.05) is 0 Å². The fourth-order valence-corrected chi connectivity index (χ4v) is 1.97. The van der Waals surface area contributed by atoms with Crippen molar-refractivity contribution in [3.63, 3.8) is 0 Å². The minimum Gasteiger partial charge on any atom is -0.436 e. The number of hydrogen-bond acceptors (Lipinski definition) is 6. The van der Waals surface area contributed by atoms with Gasteiger partial charge in [-0.1, -0.05) is 11.6 Å². The summed E-state index contributed by atoms with van der Waals surface area (Å²) in [7, 11) is 0. The molecule has 0 radical (unpaired) electrons. The average Bonchev–Trinajstić information content (AvgIpc) is 2.89. The first-order chi connectivity index (χ1) is 10.0. The number of halogens is 2. The second-order valence-electron chi connectivity index (χ2n) is 3.90. The van der Waals surface area contributed by atoms with Crippen molar-refractivity contribution < 1.29 is 9.66 Å². The predicted molar refractivity (Wildman–Crippen MR) is 74.9 cm³/mol. The standard InChI is InChI=1S/C11H5Cl2N5O3/c12-7-2-1-5(18(19)20)3-8(7)21-10-6-4-14-17-9(6)15-11(13)16-10/h1-4H,(H,14,15,16,17). The van der Waals surface area contributed by atoms with E-state index >= 15 is 0 Å². The molecule has 1 N–H and O–H groups in total. The molecule has 0 atom stereocenters. The number of rotatable bonds is 3. The molecular formula is C11H5Cl2N5O3. The number of hydrogen-bond donors (Lipinski definition) is 1. The molecule has 8 nitrogen and oxygen atoms in total. The van der Waals surface area contributed by atoms with E-state index in [4.69, 9.17) is 27.9 Å². The normalized spacial score (nSPS) is 10.8. The van der Waals surface area contributed by atoms with Gasteiger partial charge in [-0.2, -0.15) is 15.1 Å². The van der Waals surface area contributed by atoms with Crippen molar-refractivity contribution in [2.45, 2.75) is 0 Å². The maximum atomic E-state index is 10.8. The van der Waals surface area contributed by atoms with Gasteiger partial charge < -0.3 is 4.74 Å². The number of aromatic amines is 1. The molecule has 10 heteroatoms. The minimum absolute atomic E-state index is 0.0525. The first kappa shape index (κ1) is 13.5. The predicted octanol–water partition coefficient (Wildman–Crippen LogP) is 3.36. The van der Waals surface area contributed by atoms with Crippen LogP contribution in [0.15, 0.2) is 24.4 Å². The molecule has 0 amide bonds. The number of ether oxygens (including phenoxy) is 1. The molecule has 2 heterocycles. The number of fused-ring (bicyclic) bond motifs is 1. The highest BCUT2D eigenvalue weighted by Crippen LogP contribution is 2.34. The average molecular weight is 326 g/mol. The molecular weight excluding hydrogens is 321 g/mol. The van der Waals surface area contributed by atoms with Gasteiger partial charge in [-0.15, -0.1) is 0 Å². The Morgan fingerprint density at radius 2 is 2.10 bits per heavy atom. The van der Waals surface area contributed by atoms with Crippen molar-refractivity contribution in [3.8, 4) is 11.6 Å². The fourth-order valence-electron chi connectivity index (χ4n) is 1.65. The van der Waals surface area contributed by atoms with Crippen LogP contribution in [0, 0.1) is 10.1 Å². The molecule has 3 aromatic rings. The number of nitrogens with zero attached hydrogens (tertiary/aromatic N) is 4. The van der Waals surface area contributed by atoms with Gasteiger partial charge in [0, 0.05) is 6.07 Å². The van der Waals surface area contributed by atoms with Crippen LogP contribution in [0.3, 0.4) is 0 Å². The van der Waals surface area contributed by atoms with Crippen molar-refractivity contribution in [3.05, 3.63) is 44.8 Å². The van der Waals surface area contributed by atoms with E-state index in [2.05, 4.69) is 20.2 Å². The third kappa shape index (κ3) is 2.58. The van der Waals surface area contributed by atoms with E-state index in [9.17, 15) is 10.1 Å². The van der Waals surface area contributed by atoms with Crippen LogP contribution in [0.4, 0.5) is 5.69 Å². The molecule has 21 heavy (non-hydrogen) atoms. The summed E-state index contributed by atoms with van der Waals surface area (Å²) in [5.74, 6) is 0.185. The van der Waals surface area contributed by atoms with Crippen LogP contribution < -0.4 is 4.74 Å². The Morgan fingerprint density at radius 1 is 1.29 bits per heavy atom. The molecule has 0 bridgehead atoms. The number of aromatic nitrogens is 4. The summed E-state index contributed by atoms with van der Waals surface area (Å²) in [6, 6.07) is 3.84. The van der Waals surface area contributed by atoms with Crippen LogP contribution in [0.2, 0.25) is 10.3 Å². The lowest BCUT2D eigenvalue weighted by atomic mass is 10.3. The molecule has 0 aliphatic carbocycles. The summed E-state index contributed by atoms with van der Waals surface area (Å²) in [6.45, 7) is 0. The second kappa shape index (κ2) is 5.15. The lowest BCUT2D eigenvalue weighted by Gasteiger charge is -2.07. The largest absolute Gasteiger partial charge is 0.436 e. The van der Waals surface area contributed by atoms with Crippen molar-refractivity contribution in [2.24, 2.45) is 0 Å². The van der Waals surface area contributed by atoms with E-state index in [1.165, 1.54) is 24.4 Å². The van der Waals surface area contributed by atoms with Crippen LogP contribution in [0.5, 0.6) is 11.6 Å². The molecule has 0 spiro atoms. The van der Waals surface area contributed by atoms with Crippen LogP contribution in [-0.4, -0.2) is 25.1 Å². The van der Waals surface area contributed by atoms with Gasteiger partial charge in [0.25, 0.3) is 5.69 Å². The van der Waals surface area contributed by atoms with Crippen LogP contribution in [0.25, 0.3) is 11.0 Å². The lowest BCUT2D eigenvalue weighted by Crippen LogP contribution is -1.94. The van der Waals surface area contributed by atoms with Crippen LogP contribution >= 0.6 is 23.2 Å². The van der Waals surface area contributed by atoms with Gasteiger partial charge in [0.1, 0.15) is 5.39 Å². The van der Waals surface area contributed by atoms with Crippen LogP contribution in [-0.2, 0) is 0 Å². The Balaban J connectivity index is 2.08. The summed E-state index contributed by atoms with van der Waals surface area (Å²) in [5.41, 5.74) is 0.226. The van der Waals surface area contributed by atoms with Gasteiger partial charge in [0.15, 0.2) is 11.4 Å². The summed E-state index contributed by atoms with van der Waals surface area (Å²) in [4.78, 5) is 18.1. The topological polar surface area (TPSA) is 107 Å². The summed E-state index contributed by atoms with van der Waals surface area (Å²) in [5, 5.41) is 17.8. The molecule has 2 aromatic heterocycles. The molecule has 106 valence electrons. The monoisotopic (exact) mass is 325 g/mol. The number of nitro benzene ring substituents is 1. The first-order valence-electron chi connectivity index (χ1n) is 5.53. The summed E-state index contributed by atoms with van der Waals surface area (Å²) < 4.78 is 5.52. The smallest absolute Gasteiger partial charge is 0.273 e. The van der Waals surface area contributed by atoms with E-state index in [0.29, 0.717) is 11.0 Å². The van der Waals surface area contributed by atoms with Crippen molar-refractivity contribution >= 4 is 39.9 Å². The van der Waals surface area contributed by atoms with E-state index in [-0.39, 0.29) is 27.6 Å². The molecule has 3 rings (SSSR count). The van der Waals surface area contributed by atoms with Gasteiger partial charge in [0.05, 0.1) is 22.2 Å². The Morgan fingerprint density at radius 3 is 2.86 bits per heavy atom. The van der Waals surface area contributed by atoms with Crippen LogP contribution in [0.1, 0.15) is 0 Å². The maximum Gasteiger partial charge on any atom is 0.273 e. The zero-order valence-corrected chi connectivity index (χ0v) is 11.6. The third-order valence-electron chi connectivity index (χ3n) is 2.58. The Hall–Kier alpha value is -2.45. The van der Waals surface area contributed by atoms with E-state index < -0.39 is 4.92 Å². The third-order valence-corrected chi connectivity index (χ3v) is 3.06. The van der Waals surface area contributed by atoms with Crippen molar-refractivity contribution in [1.82, 2.24) is 20.2 Å². The zero-order chi connectivity index (χ0) is 15.0. The van der Waals surface area contributed by atoms with Crippen molar-refractivity contribution in [1.29, 1.82) is 0 Å². The van der Waals surface area contributed by atoms with Crippen molar-refractivity contribution in [2.75, 3.05) is 0 Å². The number of nitro groups is 1. The minimum atomic E-state index is -0.552. The maximum absolute atomic E-state index is 10.8. The van der Waals surface area contributed by atoms with Gasteiger partial charge in [-0.25, -0.2) is 0 Å². The Kier molecular flexibility index (Phi) is 3.32. The highest BCUT2D eigenvalue weighted by atomic mass is 35.5. The molecule has 0 unspecified atom stereocenters. The SMILES string of the molecule is O=[N+]([O-])c1ccc(Cl)c(Oc2nc(Cl)nc3[nH]ncc23)c1. The Labute approximate surface area is 126 Å². The number of nitrogens with one attached hydrogen (secondary N) is 1. The van der Waals surface area contributed by atoms with E-state index in [1.54, 1.807) is 0 Å². The van der Waals surface area contributed by atoms with E-state index in [0.717, 1.165) is 0 Å². The molecule has 0 fully saturated rings.